The van der Waals surface area contributed by atoms with E-state index in [-0.39, 0.29) is 12.8 Å². The molecule has 0 fully saturated rings. The normalized spacial score (nSPS) is 15.1. The molecular weight excluding hydrogens is 300 g/mol. The van der Waals surface area contributed by atoms with Crippen LogP contribution in [0.15, 0.2) is 0 Å². The summed E-state index contributed by atoms with van der Waals surface area (Å²) in [7, 11) is 0. The first-order valence-electron chi connectivity index (χ1n) is 7.72. The molecule has 7 nitrogen and oxygen atoms in total. The summed E-state index contributed by atoms with van der Waals surface area (Å²) in [5.41, 5.74) is -0.793. The minimum Gasteiger partial charge on any atom is -0.480 e. The Kier molecular flexibility index (Phi) is 7.22. The van der Waals surface area contributed by atoms with Crippen LogP contribution < -0.4 is 5.32 Å². The molecule has 3 N–H and O–H groups in total. The second kappa shape index (κ2) is 7.77. The van der Waals surface area contributed by atoms with Crippen molar-refractivity contribution in [3.63, 3.8) is 0 Å². The van der Waals surface area contributed by atoms with Crippen molar-refractivity contribution in [1.29, 1.82) is 0 Å². The lowest BCUT2D eigenvalue weighted by Gasteiger charge is -2.48. The Bertz CT molecular complexity index is 434. The lowest BCUT2D eigenvalue weighted by atomic mass is 9.91. The largest absolute Gasteiger partial charge is 0.480 e. The summed E-state index contributed by atoms with van der Waals surface area (Å²) in [6.45, 7) is 13.0. The van der Waals surface area contributed by atoms with E-state index in [1.54, 1.807) is 0 Å². The molecule has 0 aromatic heterocycles. The number of nitrogens with zero attached hydrogens (tertiary/aromatic N) is 1. The van der Waals surface area contributed by atoms with E-state index in [0.717, 1.165) is 0 Å². The van der Waals surface area contributed by atoms with Crippen molar-refractivity contribution < 1.29 is 24.6 Å². The predicted octanol–water partition coefficient (Wildman–Crippen LogP) is 1.71. The number of hydrogen-bond acceptors (Lipinski definition) is 4. The standard InChI is InChI=1S/C16H30N2O5/c1-10(13(20)21)17-12(19)9-8-11(14(22)23)18(15(2,3)4)16(5,6)7/h10-11H,8-9H2,1-7H3,(H,17,19)(H,20,21)(H,22,23)/t10-,11+/m1/s1. The van der Waals surface area contributed by atoms with Crippen molar-refractivity contribution >= 4 is 17.8 Å². The van der Waals surface area contributed by atoms with Crippen molar-refractivity contribution in [2.24, 2.45) is 0 Å². The Balaban J connectivity index is 5.10. The van der Waals surface area contributed by atoms with Gasteiger partial charge in [0.1, 0.15) is 12.1 Å². The van der Waals surface area contributed by atoms with Crippen LogP contribution in [-0.4, -0.2) is 56.1 Å². The molecule has 0 aromatic rings. The third kappa shape index (κ3) is 6.99. The van der Waals surface area contributed by atoms with Gasteiger partial charge in [-0.05, 0) is 54.9 Å². The quantitative estimate of drug-likeness (QED) is 0.656. The van der Waals surface area contributed by atoms with Gasteiger partial charge in [-0.3, -0.25) is 19.3 Å². The molecule has 0 aliphatic carbocycles. The molecule has 0 rings (SSSR count). The van der Waals surface area contributed by atoms with Crippen LogP contribution >= 0.6 is 0 Å². The zero-order valence-corrected chi connectivity index (χ0v) is 15.1. The third-order valence-corrected chi connectivity index (χ3v) is 3.43. The Morgan fingerprint density at radius 2 is 1.39 bits per heavy atom. The molecular formula is C16H30N2O5. The average molecular weight is 330 g/mol. The van der Waals surface area contributed by atoms with Crippen molar-refractivity contribution in [1.82, 2.24) is 10.2 Å². The van der Waals surface area contributed by atoms with Crippen LogP contribution in [0, 0.1) is 0 Å². The van der Waals surface area contributed by atoms with Gasteiger partial charge < -0.3 is 15.5 Å². The highest BCUT2D eigenvalue weighted by Crippen LogP contribution is 2.29. The fourth-order valence-electron chi connectivity index (χ4n) is 2.95. The van der Waals surface area contributed by atoms with E-state index in [1.165, 1.54) is 6.92 Å². The number of hydrogen-bond donors (Lipinski definition) is 3. The van der Waals surface area contributed by atoms with E-state index in [1.807, 2.05) is 46.4 Å². The third-order valence-electron chi connectivity index (χ3n) is 3.43. The summed E-state index contributed by atoms with van der Waals surface area (Å²) < 4.78 is 0. The lowest BCUT2D eigenvalue weighted by molar-refractivity contribution is -0.150. The molecule has 0 saturated carbocycles. The number of carbonyl (C=O) groups excluding carboxylic acids is 1. The van der Waals surface area contributed by atoms with Crippen LogP contribution in [-0.2, 0) is 14.4 Å². The Morgan fingerprint density at radius 3 is 1.70 bits per heavy atom. The molecule has 0 spiro atoms. The molecule has 0 aliphatic heterocycles. The van der Waals surface area contributed by atoms with Crippen molar-refractivity contribution in [3.8, 4) is 0 Å². The first-order valence-corrected chi connectivity index (χ1v) is 7.72. The monoisotopic (exact) mass is 330 g/mol. The molecule has 7 heteroatoms. The molecule has 0 unspecified atom stereocenters. The summed E-state index contributed by atoms with van der Waals surface area (Å²) >= 11 is 0. The van der Waals surface area contributed by atoms with E-state index in [0.29, 0.717) is 0 Å². The number of carboxylic acid groups (broad SMARTS) is 2. The van der Waals surface area contributed by atoms with Gasteiger partial charge in [-0.15, -0.1) is 0 Å². The van der Waals surface area contributed by atoms with Crippen LogP contribution in [0.2, 0.25) is 0 Å². The summed E-state index contributed by atoms with van der Waals surface area (Å²) in [4.78, 5) is 36.1. The topological polar surface area (TPSA) is 107 Å². The van der Waals surface area contributed by atoms with E-state index in [2.05, 4.69) is 5.32 Å². The molecule has 0 saturated heterocycles. The second-order valence-corrected chi connectivity index (χ2v) is 7.73. The minimum atomic E-state index is -1.13. The zero-order chi connectivity index (χ0) is 18.6. The Morgan fingerprint density at radius 1 is 0.957 bits per heavy atom. The maximum atomic E-state index is 11.8. The lowest BCUT2D eigenvalue weighted by Crippen LogP contribution is -2.60. The summed E-state index contributed by atoms with van der Waals surface area (Å²) in [6.07, 6.45) is 0.0687. The second-order valence-electron chi connectivity index (χ2n) is 7.73. The fourth-order valence-corrected chi connectivity index (χ4v) is 2.95. The smallest absolute Gasteiger partial charge is 0.325 e. The highest BCUT2D eigenvalue weighted by Gasteiger charge is 2.40. The Hall–Kier alpha value is -1.63. The number of rotatable bonds is 7. The first-order chi connectivity index (χ1) is 10.2. The van der Waals surface area contributed by atoms with Crippen molar-refractivity contribution in [2.75, 3.05) is 0 Å². The van der Waals surface area contributed by atoms with Crippen LogP contribution in [0.4, 0.5) is 0 Å². The predicted molar refractivity (Wildman–Crippen MR) is 87.2 cm³/mol. The highest BCUT2D eigenvalue weighted by atomic mass is 16.4. The fraction of sp³-hybridized carbons (Fsp3) is 0.812. The molecule has 0 radical (unpaired) electrons. The first kappa shape index (κ1) is 21.4. The summed E-state index contributed by atoms with van der Waals surface area (Å²) in [6, 6.07) is -1.83. The van der Waals surface area contributed by atoms with E-state index in [4.69, 9.17) is 5.11 Å². The number of amides is 1. The van der Waals surface area contributed by atoms with Gasteiger partial charge in [0, 0.05) is 17.5 Å². The summed E-state index contributed by atoms with van der Waals surface area (Å²) in [5.74, 6) is -2.58. The minimum absolute atomic E-state index is 0.0444. The van der Waals surface area contributed by atoms with E-state index < -0.39 is 41.0 Å². The van der Waals surface area contributed by atoms with Gasteiger partial charge in [-0.25, -0.2) is 0 Å². The molecule has 2 atom stereocenters. The number of carbonyl (C=O) groups is 3. The van der Waals surface area contributed by atoms with Crippen LogP contribution in [0.1, 0.15) is 61.3 Å². The molecule has 23 heavy (non-hydrogen) atoms. The van der Waals surface area contributed by atoms with Gasteiger partial charge in [0.2, 0.25) is 5.91 Å². The molecule has 0 heterocycles. The van der Waals surface area contributed by atoms with Crippen LogP contribution in [0.3, 0.4) is 0 Å². The van der Waals surface area contributed by atoms with Crippen molar-refractivity contribution in [2.45, 2.75) is 84.5 Å². The zero-order valence-electron chi connectivity index (χ0n) is 15.1. The van der Waals surface area contributed by atoms with Crippen molar-refractivity contribution in [3.05, 3.63) is 0 Å². The van der Waals surface area contributed by atoms with E-state index in [9.17, 15) is 19.5 Å². The number of nitrogens with one attached hydrogen (secondary N) is 1. The van der Waals surface area contributed by atoms with Gasteiger partial charge in [-0.2, -0.15) is 0 Å². The molecule has 0 aromatic carbocycles. The van der Waals surface area contributed by atoms with Gasteiger partial charge in [0.25, 0.3) is 0 Å². The maximum Gasteiger partial charge on any atom is 0.325 e. The maximum absolute atomic E-state index is 11.8. The van der Waals surface area contributed by atoms with Crippen LogP contribution in [0.5, 0.6) is 0 Å². The number of carboxylic acids is 2. The van der Waals surface area contributed by atoms with Crippen LogP contribution in [0.25, 0.3) is 0 Å². The van der Waals surface area contributed by atoms with Gasteiger partial charge in [-0.1, -0.05) is 0 Å². The molecule has 0 aliphatic rings. The molecule has 1 amide bonds. The Labute approximate surface area is 138 Å². The average Bonchev–Trinajstić information content (AvgIpc) is 2.30. The van der Waals surface area contributed by atoms with Gasteiger partial charge in [0.15, 0.2) is 0 Å². The summed E-state index contributed by atoms with van der Waals surface area (Å²) in [5, 5.41) is 20.7. The van der Waals surface area contributed by atoms with E-state index >= 15 is 0 Å². The highest BCUT2D eigenvalue weighted by molar-refractivity contribution is 5.83. The SMILES string of the molecule is C[C@@H](NC(=O)CC[C@@H](C(=O)O)N(C(C)(C)C)C(C)(C)C)C(=O)O. The molecule has 0 bridgehead atoms. The number of aliphatic carboxylic acids is 2. The molecule has 134 valence electrons. The van der Waals surface area contributed by atoms with Gasteiger partial charge >= 0.3 is 11.9 Å². The van der Waals surface area contributed by atoms with Gasteiger partial charge in [0.05, 0.1) is 0 Å².